The molecule has 0 aliphatic carbocycles. The minimum Gasteiger partial charge on any atom is -0.488 e. The number of carbonyl (C=O) groups is 2. The van der Waals surface area contributed by atoms with Gasteiger partial charge in [0.2, 0.25) is 0 Å². The summed E-state index contributed by atoms with van der Waals surface area (Å²) in [5.41, 5.74) is 0. The molecule has 0 aromatic heterocycles. The van der Waals surface area contributed by atoms with Gasteiger partial charge in [-0.2, -0.15) is 0 Å². The number of unbranched alkanes of at least 4 members (excludes halogenated alkanes) is 2. The van der Waals surface area contributed by atoms with E-state index >= 15 is 0 Å². The summed E-state index contributed by atoms with van der Waals surface area (Å²) >= 11 is 0. The summed E-state index contributed by atoms with van der Waals surface area (Å²) < 4.78 is 36.0. The van der Waals surface area contributed by atoms with E-state index in [1.54, 1.807) is 0 Å². The van der Waals surface area contributed by atoms with Crippen LogP contribution in [0.25, 0.3) is 21.5 Å². The number of rotatable bonds is 22. The van der Waals surface area contributed by atoms with E-state index in [1.165, 1.54) is 0 Å². The van der Waals surface area contributed by atoms with E-state index in [-0.39, 0.29) is 38.4 Å². The molecule has 0 saturated carbocycles. The molecule has 8 heteroatoms. The molecular formula is C36H50O8. The Morgan fingerprint density at radius 3 is 1.23 bits per heavy atom. The van der Waals surface area contributed by atoms with Crippen LogP contribution in [-0.4, -0.2) is 63.8 Å². The second-order valence-electron chi connectivity index (χ2n) is 11.0. The first-order chi connectivity index (χ1) is 21.5. The third kappa shape index (κ3) is 11.0. The summed E-state index contributed by atoms with van der Waals surface area (Å²) in [6.07, 6.45) is 4.98. The van der Waals surface area contributed by atoms with Gasteiger partial charge in [0.1, 0.15) is 24.7 Å². The maximum absolute atomic E-state index is 12.4. The number of carbonyl (C=O) groups excluding carboxylic acids is 2. The molecule has 0 aliphatic heterocycles. The minimum atomic E-state index is -0.536. The van der Waals surface area contributed by atoms with E-state index in [0.717, 1.165) is 47.2 Å². The molecule has 0 aliphatic rings. The highest BCUT2D eigenvalue weighted by atomic mass is 16.6. The first-order valence-electron chi connectivity index (χ1n) is 16.3. The van der Waals surface area contributed by atoms with Gasteiger partial charge in [-0.1, -0.05) is 89.1 Å². The number of benzene rings is 3. The van der Waals surface area contributed by atoms with Gasteiger partial charge in [-0.05, 0) is 25.7 Å². The Labute approximate surface area is 262 Å². The molecule has 3 aromatic rings. The number of hydrogen-bond donors (Lipinski definition) is 0. The lowest BCUT2D eigenvalue weighted by Gasteiger charge is -2.23. The van der Waals surface area contributed by atoms with Gasteiger partial charge in [0, 0.05) is 47.6 Å². The first-order valence-corrected chi connectivity index (χ1v) is 16.3. The van der Waals surface area contributed by atoms with Crippen molar-refractivity contribution in [2.75, 3.05) is 39.6 Å². The van der Waals surface area contributed by atoms with Gasteiger partial charge >= 0.3 is 11.9 Å². The molecule has 2 atom stereocenters. The van der Waals surface area contributed by atoms with Crippen LogP contribution in [0.2, 0.25) is 0 Å². The predicted molar refractivity (Wildman–Crippen MR) is 173 cm³/mol. The molecule has 3 rings (SSSR count). The predicted octanol–water partition coefficient (Wildman–Crippen LogP) is 7.81. The van der Waals surface area contributed by atoms with Gasteiger partial charge in [-0.15, -0.1) is 0 Å². The Bertz CT molecular complexity index is 1130. The van der Waals surface area contributed by atoms with Gasteiger partial charge in [-0.3, -0.25) is 9.59 Å². The molecule has 0 heterocycles. The molecule has 8 nitrogen and oxygen atoms in total. The van der Waals surface area contributed by atoms with Crippen molar-refractivity contribution >= 4 is 33.5 Å². The molecule has 0 fully saturated rings. The van der Waals surface area contributed by atoms with Crippen molar-refractivity contribution < 1.29 is 38.0 Å². The molecule has 0 radical (unpaired) electrons. The zero-order valence-corrected chi connectivity index (χ0v) is 26.9. The van der Waals surface area contributed by atoms with Crippen molar-refractivity contribution in [2.45, 2.75) is 91.3 Å². The van der Waals surface area contributed by atoms with Crippen LogP contribution in [0.1, 0.15) is 79.1 Å². The summed E-state index contributed by atoms with van der Waals surface area (Å²) in [6, 6.07) is 15.8. The molecule has 0 amide bonds. The molecule has 0 spiro atoms. The highest BCUT2D eigenvalue weighted by Gasteiger charge is 2.22. The lowest BCUT2D eigenvalue weighted by atomic mass is 10.0. The van der Waals surface area contributed by atoms with Gasteiger partial charge in [-0.25, -0.2) is 0 Å². The smallest absolute Gasteiger partial charge is 0.306 e. The molecule has 0 saturated heterocycles. The summed E-state index contributed by atoms with van der Waals surface area (Å²) in [5, 5.41) is 3.46. The fourth-order valence-corrected chi connectivity index (χ4v) is 4.76. The maximum Gasteiger partial charge on any atom is 0.306 e. The quantitative estimate of drug-likeness (QED) is 0.0647. The Morgan fingerprint density at radius 1 is 0.545 bits per heavy atom. The van der Waals surface area contributed by atoms with Crippen LogP contribution in [0.15, 0.2) is 48.5 Å². The monoisotopic (exact) mass is 610 g/mol. The fraction of sp³-hybridized carbons (Fsp3) is 0.556. The van der Waals surface area contributed by atoms with E-state index in [2.05, 4.69) is 13.8 Å². The highest BCUT2D eigenvalue weighted by molar-refractivity contribution is 6.11. The molecule has 2 unspecified atom stereocenters. The van der Waals surface area contributed by atoms with Crippen LogP contribution < -0.4 is 9.47 Å². The number of fused-ring (bicyclic) bond motifs is 2. The van der Waals surface area contributed by atoms with Crippen LogP contribution in [0.3, 0.4) is 0 Å². The molecule has 242 valence electrons. The van der Waals surface area contributed by atoms with Crippen molar-refractivity contribution in [1.29, 1.82) is 0 Å². The summed E-state index contributed by atoms with van der Waals surface area (Å²) in [5.74, 6) is 0.850. The third-order valence-corrected chi connectivity index (χ3v) is 7.06. The third-order valence-electron chi connectivity index (χ3n) is 7.06. The van der Waals surface area contributed by atoms with Gasteiger partial charge in [0.05, 0.1) is 13.2 Å². The first kappa shape index (κ1) is 35.1. The normalized spacial score (nSPS) is 12.6. The van der Waals surface area contributed by atoms with Crippen LogP contribution in [0.5, 0.6) is 11.5 Å². The van der Waals surface area contributed by atoms with Gasteiger partial charge < -0.3 is 28.4 Å². The van der Waals surface area contributed by atoms with Gasteiger partial charge in [0.25, 0.3) is 0 Å². The zero-order valence-electron chi connectivity index (χ0n) is 26.9. The van der Waals surface area contributed by atoms with Crippen molar-refractivity contribution in [2.24, 2.45) is 0 Å². The molecule has 44 heavy (non-hydrogen) atoms. The SMILES string of the molecule is CCCCOCC(COc1c2ccccc2c(OCC(COCCCC)OC(=O)CCC)c2ccccc12)OC(=O)CCC. The second-order valence-corrected chi connectivity index (χ2v) is 11.0. The number of hydrogen-bond acceptors (Lipinski definition) is 8. The van der Waals surface area contributed by atoms with E-state index in [4.69, 9.17) is 28.4 Å². The molecular weight excluding hydrogens is 560 g/mol. The summed E-state index contributed by atoms with van der Waals surface area (Å²) in [4.78, 5) is 24.7. The van der Waals surface area contributed by atoms with Crippen molar-refractivity contribution in [3.05, 3.63) is 48.5 Å². The average Bonchev–Trinajstić information content (AvgIpc) is 3.02. The minimum absolute atomic E-state index is 0.153. The van der Waals surface area contributed by atoms with Crippen molar-refractivity contribution in [3.63, 3.8) is 0 Å². The average molecular weight is 611 g/mol. The Hall–Kier alpha value is -3.36. The lowest BCUT2D eigenvalue weighted by Crippen LogP contribution is -2.30. The van der Waals surface area contributed by atoms with Crippen molar-refractivity contribution in [3.8, 4) is 11.5 Å². The van der Waals surface area contributed by atoms with Gasteiger partial charge in [0.15, 0.2) is 12.2 Å². The standard InChI is InChI=1S/C36H50O8/c1-5-9-21-39-23-27(43-33(37)15-7-3)25-41-35-29-17-11-13-19-31(29)36(32-20-14-12-18-30(32)35)42-26-28(24-40-22-10-6-2)44-34(38)16-8-4/h11-14,17-20,27-28H,5-10,15-16,21-26H2,1-4H3. The van der Waals surface area contributed by atoms with E-state index < -0.39 is 12.2 Å². The Balaban J connectivity index is 1.89. The maximum atomic E-state index is 12.4. The Kier molecular flexibility index (Phi) is 15.8. The van der Waals surface area contributed by atoms with E-state index in [0.29, 0.717) is 50.4 Å². The highest BCUT2D eigenvalue weighted by Crippen LogP contribution is 2.42. The number of ether oxygens (including phenoxy) is 6. The van der Waals surface area contributed by atoms with Crippen LogP contribution in [0, 0.1) is 0 Å². The second kappa shape index (κ2) is 19.8. The van der Waals surface area contributed by atoms with Crippen molar-refractivity contribution in [1.82, 2.24) is 0 Å². The van der Waals surface area contributed by atoms with Crippen LogP contribution in [-0.2, 0) is 28.5 Å². The molecule has 0 bridgehead atoms. The van der Waals surface area contributed by atoms with Crippen LogP contribution >= 0.6 is 0 Å². The Morgan fingerprint density at radius 2 is 0.909 bits per heavy atom. The number of esters is 2. The largest absolute Gasteiger partial charge is 0.488 e. The van der Waals surface area contributed by atoms with Crippen LogP contribution in [0.4, 0.5) is 0 Å². The topological polar surface area (TPSA) is 89.5 Å². The summed E-state index contributed by atoms with van der Waals surface area (Å²) in [7, 11) is 0. The lowest BCUT2D eigenvalue weighted by molar-refractivity contribution is -0.155. The summed E-state index contributed by atoms with van der Waals surface area (Å²) in [6.45, 7) is 10.2. The van der Waals surface area contributed by atoms with E-state index in [1.807, 2.05) is 62.4 Å². The molecule has 0 N–H and O–H groups in total. The fourth-order valence-electron chi connectivity index (χ4n) is 4.76. The van der Waals surface area contributed by atoms with E-state index in [9.17, 15) is 9.59 Å². The molecule has 3 aromatic carbocycles. The zero-order chi connectivity index (χ0) is 31.6.